The number of benzene rings is 2. The summed E-state index contributed by atoms with van der Waals surface area (Å²) in [5.74, 6) is -1.97. The van der Waals surface area contributed by atoms with E-state index >= 15 is 4.39 Å². The van der Waals surface area contributed by atoms with Crippen molar-refractivity contribution in [2.45, 2.75) is 6.54 Å². The lowest BCUT2D eigenvalue weighted by atomic mass is 9.95. The fraction of sp³-hybridized carbons (Fsp3) is 0.0741. The van der Waals surface area contributed by atoms with Crippen LogP contribution in [0.25, 0.3) is 33.4 Å². The molecule has 1 aliphatic heterocycles. The molecule has 11 heteroatoms. The van der Waals surface area contributed by atoms with Crippen molar-refractivity contribution in [3.63, 3.8) is 0 Å². The first-order valence-corrected chi connectivity index (χ1v) is 11.5. The number of rotatable bonds is 5. The highest BCUT2D eigenvalue weighted by atomic mass is 19.1. The molecule has 0 fully saturated rings. The largest absolute Gasteiger partial charge is 0.421 e. The number of fused-ring (bicyclic) bond motifs is 2. The lowest BCUT2D eigenvalue weighted by Crippen LogP contribution is -2.10. The van der Waals surface area contributed by atoms with Crippen LogP contribution in [0.3, 0.4) is 0 Å². The number of hydrogen-bond acceptors (Lipinski definition) is 7. The third-order valence-electron chi connectivity index (χ3n) is 6.28. The second kappa shape index (κ2) is 9.04. The third kappa shape index (κ3) is 3.81. The number of aryl methyl sites for hydroxylation is 1. The predicted octanol–water partition coefficient (Wildman–Crippen LogP) is 5.37. The van der Waals surface area contributed by atoms with Gasteiger partial charge in [0.25, 0.3) is 5.91 Å². The molecule has 6 rings (SSSR count). The van der Waals surface area contributed by atoms with Gasteiger partial charge >= 0.3 is 6.01 Å². The summed E-state index contributed by atoms with van der Waals surface area (Å²) in [6.45, 7) is 3.17. The maximum Gasteiger partial charge on any atom is 0.321 e. The second-order valence-electron chi connectivity index (χ2n) is 8.53. The van der Waals surface area contributed by atoms with Gasteiger partial charge in [-0.15, -0.1) is 0 Å². The molecule has 1 amide bonds. The van der Waals surface area contributed by atoms with E-state index in [4.69, 9.17) is 4.74 Å². The average molecular weight is 511 g/mol. The fourth-order valence-corrected chi connectivity index (χ4v) is 4.59. The Labute approximate surface area is 214 Å². The van der Waals surface area contributed by atoms with Crippen LogP contribution in [-0.2, 0) is 18.4 Å². The first kappa shape index (κ1) is 23.2. The van der Waals surface area contributed by atoms with Gasteiger partial charge < -0.3 is 19.9 Å². The van der Waals surface area contributed by atoms with Crippen molar-refractivity contribution in [2.75, 3.05) is 10.6 Å². The molecule has 1 aliphatic rings. The van der Waals surface area contributed by atoms with Crippen LogP contribution in [0.1, 0.15) is 5.56 Å². The quantitative estimate of drug-likeness (QED) is 0.306. The maximum atomic E-state index is 15.9. The molecule has 188 valence electrons. The first-order chi connectivity index (χ1) is 18.4. The molecule has 5 aromatic rings. The molecule has 0 saturated carbocycles. The molecule has 0 atom stereocenters. The van der Waals surface area contributed by atoms with Gasteiger partial charge in [0, 0.05) is 42.8 Å². The van der Waals surface area contributed by atoms with E-state index in [0.29, 0.717) is 28.3 Å². The van der Waals surface area contributed by atoms with Gasteiger partial charge in [-0.1, -0.05) is 24.8 Å². The molecular formula is C27H19F2N7O2. The van der Waals surface area contributed by atoms with Gasteiger partial charge in [0.05, 0.1) is 11.1 Å². The summed E-state index contributed by atoms with van der Waals surface area (Å²) in [5.41, 5.74) is 4.37. The Bertz CT molecular complexity index is 1730. The van der Waals surface area contributed by atoms with Crippen molar-refractivity contribution in [3.8, 4) is 34.1 Å². The van der Waals surface area contributed by atoms with Crippen LogP contribution in [0.2, 0.25) is 0 Å². The van der Waals surface area contributed by atoms with Crippen LogP contribution in [0, 0.1) is 5.82 Å². The first-order valence-electron chi connectivity index (χ1n) is 11.5. The molecule has 0 spiro atoms. The Balaban J connectivity index is 1.51. The van der Waals surface area contributed by atoms with E-state index in [9.17, 15) is 9.18 Å². The minimum atomic E-state index is -1.08. The normalized spacial score (nSPS) is 11.9. The topological polar surface area (TPSA) is 107 Å². The number of amides is 1. The molecule has 2 N–H and O–H groups in total. The summed E-state index contributed by atoms with van der Waals surface area (Å²) < 4.78 is 36.5. The Morgan fingerprint density at radius 1 is 1.11 bits per heavy atom. The van der Waals surface area contributed by atoms with Crippen LogP contribution in [0.4, 0.5) is 20.3 Å². The number of nitrogens with one attached hydrogen (secondary N) is 2. The highest BCUT2D eigenvalue weighted by Gasteiger charge is 2.29. The van der Waals surface area contributed by atoms with Gasteiger partial charge in [-0.05, 0) is 35.4 Å². The Hall–Kier alpha value is -5.19. The molecule has 0 aliphatic carbocycles. The minimum Gasteiger partial charge on any atom is -0.421 e. The monoisotopic (exact) mass is 511 g/mol. The van der Waals surface area contributed by atoms with E-state index in [1.54, 1.807) is 42.5 Å². The van der Waals surface area contributed by atoms with Crippen molar-refractivity contribution >= 4 is 28.4 Å². The Kier molecular flexibility index (Phi) is 5.52. The lowest BCUT2D eigenvalue weighted by molar-refractivity contribution is -0.114. The summed E-state index contributed by atoms with van der Waals surface area (Å²) in [4.78, 5) is 28.6. The van der Waals surface area contributed by atoms with Gasteiger partial charge in [0.2, 0.25) is 0 Å². The van der Waals surface area contributed by atoms with Crippen molar-refractivity contribution in [1.82, 2.24) is 24.5 Å². The SMILES string of the molecule is C=C(F)C(=O)Nc1ccc(-c2c3c4c(ncnc4n2C)NCc2c-3ccc(Oc3ncccn3)c2F)cc1. The number of carbonyl (C=O) groups is 1. The molecule has 4 heterocycles. The van der Waals surface area contributed by atoms with Crippen LogP contribution in [0.15, 0.2) is 73.6 Å². The van der Waals surface area contributed by atoms with Gasteiger partial charge in [0.1, 0.15) is 17.8 Å². The molecule has 0 bridgehead atoms. The molecule has 0 saturated heterocycles. The lowest BCUT2D eigenvalue weighted by Gasteiger charge is -2.15. The number of hydrogen-bond donors (Lipinski definition) is 2. The average Bonchev–Trinajstić information content (AvgIpc) is 3.11. The minimum absolute atomic E-state index is 0.00272. The summed E-state index contributed by atoms with van der Waals surface area (Å²) in [6.07, 6.45) is 4.48. The number of aromatic nitrogens is 5. The molecule has 0 radical (unpaired) electrons. The van der Waals surface area contributed by atoms with E-state index in [0.717, 1.165) is 22.2 Å². The van der Waals surface area contributed by atoms with Crippen molar-refractivity contribution < 1.29 is 18.3 Å². The highest BCUT2D eigenvalue weighted by Crippen LogP contribution is 2.46. The number of carbonyl (C=O) groups excluding carboxylic acids is 1. The summed E-state index contributed by atoms with van der Waals surface area (Å²) in [6, 6.07) is 11.9. The summed E-state index contributed by atoms with van der Waals surface area (Å²) >= 11 is 0. The van der Waals surface area contributed by atoms with Crippen LogP contribution in [-0.4, -0.2) is 30.4 Å². The van der Waals surface area contributed by atoms with Crippen LogP contribution in [0.5, 0.6) is 11.8 Å². The van der Waals surface area contributed by atoms with Gasteiger partial charge in [-0.2, -0.15) is 0 Å². The van der Waals surface area contributed by atoms with E-state index in [1.807, 2.05) is 11.6 Å². The summed E-state index contributed by atoms with van der Waals surface area (Å²) in [7, 11) is 1.86. The number of ether oxygens (including phenoxy) is 1. The fourth-order valence-electron chi connectivity index (χ4n) is 4.59. The second-order valence-corrected chi connectivity index (χ2v) is 8.53. The van der Waals surface area contributed by atoms with E-state index in [2.05, 4.69) is 37.1 Å². The van der Waals surface area contributed by atoms with E-state index in [-0.39, 0.29) is 18.3 Å². The highest BCUT2D eigenvalue weighted by molar-refractivity contribution is 6.09. The van der Waals surface area contributed by atoms with E-state index < -0.39 is 17.6 Å². The van der Waals surface area contributed by atoms with Crippen molar-refractivity contribution in [3.05, 3.63) is 85.0 Å². The number of halogens is 2. The van der Waals surface area contributed by atoms with E-state index in [1.165, 1.54) is 18.7 Å². The zero-order valence-electron chi connectivity index (χ0n) is 20.0. The molecule has 3 aromatic heterocycles. The zero-order valence-corrected chi connectivity index (χ0v) is 20.0. The molecule has 38 heavy (non-hydrogen) atoms. The van der Waals surface area contributed by atoms with Gasteiger partial charge in [-0.25, -0.2) is 28.7 Å². The predicted molar refractivity (Wildman–Crippen MR) is 138 cm³/mol. The van der Waals surface area contributed by atoms with Crippen molar-refractivity contribution in [2.24, 2.45) is 7.05 Å². The molecule has 9 nitrogen and oxygen atoms in total. The number of nitrogens with zero attached hydrogens (tertiary/aromatic N) is 5. The third-order valence-corrected chi connectivity index (χ3v) is 6.28. The van der Waals surface area contributed by atoms with Gasteiger partial charge in [0.15, 0.2) is 17.4 Å². The standard InChI is InChI=1S/C27H19F2N7O2/c1-14(28)26(37)35-16-6-4-15(5-7-16)23-20-17-8-9-19(38-27-30-10-3-11-31-27)22(29)18(17)12-32-24-21(20)25(36(23)2)34-13-33-24/h3-11,13H,1,12H2,2H3,(H,35,37)(H,32,33,34). The van der Waals surface area contributed by atoms with Crippen molar-refractivity contribution in [1.29, 1.82) is 0 Å². The Morgan fingerprint density at radius 2 is 1.87 bits per heavy atom. The molecule has 0 unspecified atom stereocenters. The zero-order chi connectivity index (χ0) is 26.4. The Morgan fingerprint density at radius 3 is 2.61 bits per heavy atom. The maximum absolute atomic E-state index is 15.9. The van der Waals surface area contributed by atoms with Gasteiger partial charge in [-0.3, -0.25) is 4.79 Å². The molecular weight excluding hydrogens is 492 g/mol. The van der Waals surface area contributed by atoms with Crippen LogP contribution < -0.4 is 15.4 Å². The van der Waals surface area contributed by atoms with Crippen LogP contribution >= 0.6 is 0 Å². The smallest absolute Gasteiger partial charge is 0.321 e. The summed E-state index contributed by atoms with van der Waals surface area (Å²) in [5, 5.41) is 6.42. The molecule has 2 aromatic carbocycles. The number of anilines is 2.